The lowest BCUT2D eigenvalue weighted by Crippen LogP contribution is -2.47. The summed E-state index contributed by atoms with van der Waals surface area (Å²) in [5.74, 6) is 1.75. The van der Waals surface area contributed by atoms with Crippen LogP contribution in [0.25, 0.3) is 0 Å². The molecule has 1 aromatic rings. The topological polar surface area (TPSA) is 58.7 Å². The van der Waals surface area contributed by atoms with E-state index in [2.05, 4.69) is 32.6 Å². The number of benzene rings is 1. The van der Waals surface area contributed by atoms with E-state index in [9.17, 15) is 0 Å². The molecule has 1 aromatic carbocycles. The van der Waals surface area contributed by atoms with Gasteiger partial charge in [-0.3, -0.25) is 4.90 Å². The van der Waals surface area contributed by atoms with Crippen LogP contribution < -0.4 is 10.5 Å². The largest absolute Gasteiger partial charge is 0.485 e. The van der Waals surface area contributed by atoms with Crippen LogP contribution in [0.5, 0.6) is 5.75 Å². The molecule has 2 aliphatic heterocycles. The molecular weight excluding hydrogens is 300 g/mol. The first-order chi connectivity index (χ1) is 11.3. The molecule has 1 fully saturated rings. The Morgan fingerprint density at radius 1 is 1.17 bits per heavy atom. The zero-order chi connectivity index (χ0) is 17.5. The van der Waals surface area contributed by atoms with Crippen molar-refractivity contribution < 1.29 is 9.84 Å². The second kappa shape index (κ2) is 6.57. The second-order valence-electron chi connectivity index (χ2n) is 8.06. The van der Waals surface area contributed by atoms with Crippen LogP contribution in [0.15, 0.2) is 0 Å². The van der Waals surface area contributed by atoms with Gasteiger partial charge in [0, 0.05) is 30.8 Å². The Labute approximate surface area is 146 Å². The van der Waals surface area contributed by atoms with E-state index in [1.165, 1.54) is 29.5 Å². The predicted octanol–water partition coefficient (Wildman–Crippen LogP) is 2.98. The van der Waals surface area contributed by atoms with E-state index < -0.39 is 0 Å². The Bertz CT molecular complexity index is 582. The van der Waals surface area contributed by atoms with Gasteiger partial charge >= 0.3 is 0 Å². The summed E-state index contributed by atoms with van der Waals surface area (Å²) in [5, 5.41) is 9.11. The number of aliphatic hydroxyl groups excluding tert-OH is 1. The number of nitrogen functional groups attached to an aromatic ring is 1. The minimum Gasteiger partial charge on any atom is -0.485 e. The third-order valence-electron chi connectivity index (χ3n) is 6.14. The molecule has 1 atom stereocenters. The van der Waals surface area contributed by atoms with Crippen LogP contribution in [0.1, 0.15) is 48.4 Å². The number of hydrogen-bond donors (Lipinski definition) is 2. The molecular formula is C20H32N2O2. The van der Waals surface area contributed by atoms with Crippen molar-refractivity contribution in [2.75, 3.05) is 32.0 Å². The number of aliphatic hydroxyl groups is 1. The summed E-state index contributed by atoms with van der Waals surface area (Å²) in [5.41, 5.74) is 11.9. The molecule has 0 saturated carbocycles. The summed E-state index contributed by atoms with van der Waals surface area (Å²) in [6.07, 6.45) is 4.27. The van der Waals surface area contributed by atoms with E-state index in [0.717, 1.165) is 49.5 Å². The van der Waals surface area contributed by atoms with Crippen molar-refractivity contribution in [3.8, 4) is 5.75 Å². The normalized spacial score (nSPS) is 24.9. The predicted molar refractivity (Wildman–Crippen MR) is 98.7 cm³/mol. The van der Waals surface area contributed by atoms with E-state index >= 15 is 0 Å². The third kappa shape index (κ3) is 3.14. The van der Waals surface area contributed by atoms with Gasteiger partial charge in [-0.25, -0.2) is 0 Å². The van der Waals surface area contributed by atoms with Gasteiger partial charge in [-0.15, -0.1) is 0 Å². The van der Waals surface area contributed by atoms with Gasteiger partial charge in [0.25, 0.3) is 0 Å². The van der Waals surface area contributed by atoms with Crippen molar-refractivity contribution in [1.29, 1.82) is 0 Å². The average Bonchev–Trinajstić information content (AvgIpc) is 2.91. The molecule has 2 heterocycles. The lowest BCUT2D eigenvalue weighted by atomic mass is 9.90. The SMILES string of the molecule is Cc1c(C)c2c(c(C)c1N)CC(C)(CN1CCC(CCO)CC1)O2. The Hall–Kier alpha value is -1.26. The minimum atomic E-state index is -0.165. The first kappa shape index (κ1) is 17.6. The Morgan fingerprint density at radius 3 is 2.46 bits per heavy atom. The molecule has 4 nitrogen and oxygen atoms in total. The van der Waals surface area contributed by atoms with E-state index in [1.54, 1.807) is 0 Å². The molecule has 134 valence electrons. The van der Waals surface area contributed by atoms with E-state index in [0.29, 0.717) is 12.5 Å². The van der Waals surface area contributed by atoms with Gasteiger partial charge < -0.3 is 15.6 Å². The average molecular weight is 332 g/mol. The molecule has 0 spiro atoms. The zero-order valence-corrected chi connectivity index (χ0v) is 15.6. The maximum Gasteiger partial charge on any atom is 0.127 e. The molecule has 24 heavy (non-hydrogen) atoms. The first-order valence-electron chi connectivity index (χ1n) is 9.25. The van der Waals surface area contributed by atoms with Crippen LogP contribution in [-0.4, -0.2) is 41.8 Å². The molecule has 2 aliphatic rings. The fraction of sp³-hybridized carbons (Fsp3) is 0.700. The number of likely N-dealkylation sites (tertiary alicyclic amines) is 1. The van der Waals surface area contributed by atoms with Crippen LogP contribution >= 0.6 is 0 Å². The van der Waals surface area contributed by atoms with Gasteiger partial charge in [0.15, 0.2) is 0 Å². The van der Waals surface area contributed by atoms with Crippen LogP contribution in [0.3, 0.4) is 0 Å². The third-order valence-corrected chi connectivity index (χ3v) is 6.14. The van der Waals surface area contributed by atoms with E-state index in [4.69, 9.17) is 15.6 Å². The monoisotopic (exact) mass is 332 g/mol. The number of anilines is 1. The number of ether oxygens (including phenoxy) is 1. The van der Waals surface area contributed by atoms with E-state index in [1.807, 2.05) is 0 Å². The molecule has 1 saturated heterocycles. The maximum atomic E-state index is 9.11. The number of nitrogens with two attached hydrogens (primary N) is 1. The second-order valence-corrected chi connectivity index (χ2v) is 8.06. The molecule has 3 rings (SSSR count). The van der Waals surface area contributed by atoms with Gasteiger partial charge in [-0.2, -0.15) is 0 Å². The number of rotatable bonds is 4. The van der Waals surface area contributed by atoms with Crippen molar-refractivity contribution in [2.45, 2.75) is 59.0 Å². The van der Waals surface area contributed by atoms with Crippen molar-refractivity contribution in [3.63, 3.8) is 0 Å². The smallest absolute Gasteiger partial charge is 0.127 e. The summed E-state index contributed by atoms with van der Waals surface area (Å²) < 4.78 is 6.48. The highest BCUT2D eigenvalue weighted by Gasteiger charge is 2.39. The highest BCUT2D eigenvalue weighted by Crippen LogP contribution is 2.44. The van der Waals surface area contributed by atoms with E-state index in [-0.39, 0.29) is 5.60 Å². The van der Waals surface area contributed by atoms with Crippen molar-refractivity contribution >= 4 is 5.69 Å². The van der Waals surface area contributed by atoms with Crippen molar-refractivity contribution in [2.24, 2.45) is 5.92 Å². The number of fused-ring (bicyclic) bond motifs is 1. The number of hydrogen-bond acceptors (Lipinski definition) is 4. The van der Waals surface area contributed by atoms with Gasteiger partial charge in [0.2, 0.25) is 0 Å². The lowest BCUT2D eigenvalue weighted by molar-refractivity contribution is 0.0450. The molecule has 4 heteroatoms. The van der Waals surface area contributed by atoms with Gasteiger partial charge in [-0.05, 0) is 82.7 Å². The van der Waals surface area contributed by atoms with Crippen LogP contribution in [0.4, 0.5) is 5.69 Å². The summed E-state index contributed by atoms with van der Waals surface area (Å²) in [6, 6.07) is 0. The molecule has 0 radical (unpaired) electrons. The summed E-state index contributed by atoms with van der Waals surface area (Å²) in [6.45, 7) is 12.1. The molecule has 0 bridgehead atoms. The summed E-state index contributed by atoms with van der Waals surface area (Å²) in [4.78, 5) is 2.53. The molecule has 0 aliphatic carbocycles. The molecule has 3 N–H and O–H groups in total. The van der Waals surface area contributed by atoms with Gasteiger partial charge in [0.05, 0.1) is 0 Å². The van der Waals surface area contributed by atoms with Crippen LogP contribution in [-0.2, 0) is 6.42 Å². The maximum absolute atomic E-state index is 9.11. The van der Waals surface area contributed by atoms with Crippen LogP contribution in [0.2, 0.25) is 0 Å². The minimum absolute atomic E-state index is 0.165. The standard InChI is InChI=1S/C20H32N2O2/c1-13-14(2)19-17(15(3)18(13)21)11-20(4,24-19)12-22-8-5-16(6-9-22)7-10-23/h16,23H,5-12,21H2,1-4H3. The Morgan fingerprint density at radius 2 is 1.83 bits per heavy atom. The Kier molecular flexibility index (Phi) is 4.80. The highest BCUT2D eigenvalue weighted by atomic mass is 16.5. The summed E-state index contributed by atoms with van der Waals surface area (Å²) in [7, 11) is 0. The first-order valence-corrected chi connectivity index (χ1v) is 9.25. The van der Waals surface area contributed by atoms with Crippen LogP contribution in [0, 0.1) is 26.7 Å². The fourth-order valence-electron chi connectivity index (χ4n) is 4.40. The molecule has 1 unspecified atom stereocenters. The number of piperidine rings is 1. The fourth-order valence-corrected chi connectivity index (χ4v) is 4.40. The number of nitrogens with zero attached hydrogens (tertiary/aromatic N) is 1. The zero-order valence-electron chi connectivity index (χ0n) is 15.6. The molecule has 0 amide bonds. The summed E-state index contributed by atoms with van der Waals surface area (Å²) >= 11 is 0. The quantitative estimate of drug-likeness (QED) is 0.832. The van der Waals surface area contributed by atoms with Gasteiger partial charge in [0.1, 0.15) is 11.4 Å². The Balaban J connectivity index is 1.70. The lowest BCUT2D eigenvalue weighted by Gasteiger charge is -2.37. The van der Waals surface area contributed by atoms with Crippen molar-refractivity contribution in [3.05, 3.63) is 22.3 Å². The van der Waals surface area contributed by atoms with Gasteiger partial charge in [-0.1, -0.05) is 0 Å². The molecule has 0 aromatic heterocycles. The highest BCUT2D eigenvalue weighted by molar-refractivity contribution is 5.66. The van der Waals surface area contributed by atoms with Crippen molar-refractivity contribution in [1.82, 2.24) is 4.90 Å².